The number of hydrogen-bond donors (Lipinski definition) is 1. The van der Waals surface area contributed by atoms with E-state index in [1.165, 1.54) is 0 Å². The zero-order chi connectivity index (χ0) is 15.0. The van der Waals surface area contributed by atoms with Crippen molar-refractivity contribution in [1.82, 2.24) is 4.57 Å². The first kappa shape index (κ1) is 14.0. The van der Waals surface area contributed by atoms with Crippen LogP contribution in [0.5, 0.6) is 0 Å². The molecule has 5 heteroatoms. The third kappa shape index (κ3) is 2.50. The molecular weight excluding hydrogens is 307 g/mol. The second-order valence-electron chi connectivity index (χ2n) is 4.73. The number of aryl methyl sites for hydroxylation is 1. The number of para-hydroxylation sites is 1. The predicted octanol–water partition coefficient (Wildman–Crippen LogP) is 4.74. The van der Waals surface area contributed by atoms with Crippen molar-refractivity contribution >= 4 is 45.7 Å². The average Bonchev–Trinajstić information content (AvgIpc) is 2.82. The normalized spacial score (nSPS) is 10.8. The van der Waals surface area contributed by atoms with E-state index < -0.39 is 0 Å². The van der Waals surface area contributed by atoms with Gasteiger partial charge in [-0.3, -0.25) is 4.79 Å². The van der Waals surface area contributed by atoms with Crippen LogP contribution >= 0.6 is 23.2 Å². The maximum absolute atomic E-state index is 12.5. The minimum Gasteiger partial charge on any atom is -0.350 e. The Balaban J connectivity index is 2.00. The van der Waals surface area contributed by atoms with E-state index in [4.69, 9.17) is 23.2 Å². The average molecular weight is 319 g/mol. The smallest absolute Gasteiger partial charge is 0.257 e. The molecule has 0 radical (unpaired) electrons. The number of carbonyl (C=O) groups excluding carboxylic acids is 1. The van der Waals surface area contributed by atoms with E-state index in [0.717, 1.165) is 10.9 Å². The van der Waals surface area contributed by atoms with Gasteiger partial charge in [0.15, 0.2) is 0 Å². The molecule has 0 spiro atoms. The molecular formula is C16H12Cl2N2O. The summed E-state index contributed by atoms with van der Waals surface area (Å²) < 4.78 is 1.92. The fourth-order valence-corrected chi connectivity index (χ4v) is 2.66. The number of hydrogen-bond acceptors (Lipinski definition) is 1. The van der Waals surface area contributed by atoms with E-state index in [0.29, 0.717) is 21.3 Å². The summed E-state index contributed by atoms with van der Waals surface area (Å²) in [6.07, 6.45) is 1.80. The number of benzene rings is 2. The van der Waals surface area contributed by atoms with Gasteiger partial charge in [-0.15, -0.1) is 0 Å². The van der Waals surface area contributed by atoms with Crippen LogP contribution in [0.4, 0.5) is 5.69 Å². The summed E-state index contributed by atoms with van der Waals surface area (Å²) in [6.45, 7) is 0. The van der Waals surface area contributed by atoms with Crippen LogP contribution in [0.1, 0.15) is 10.4 Å². The Morgan fingerprint density at radius 2 is 1.86 bits per heavy atom. The zero-order valence-electron chi connectivity index (χ0n) is 11.2. The monoisotopic (exact) mass is 318 g/mol. The third-order valence-electron chi connectivity index (χ3n) is 3.34. The molecule has 0 aliphatic rings. The molecule has 0 saturated heterocycles. The molecule has 3 aromatic rings. The summed E-state index contributed by atoms with van der Waals surface area (Å²) in [5.74, 6) is -0.212. The molecule has 1 amide bonds. The Kier molecular flexibility index (Phi) is 3.62. The van der Waals surface area contributed by atoms with Crippen LogP contribution in [-0.2, 0) is 7.05 Å². The first-order chi connectivity index (χ1) is 10.1. The Labute approximate surface area is 132 Å². The Hall–Kier alpha value is -1.97. The predicted molar refractivity (Wildman–Crippen MR) is 87.3 cm³/mol. The molecule has 0 aliphatic carbocycles. The molecule has 0 atom stereocenters. The Morgan fingerprint density at radius 1 is 1.10 bits per heavy atom. The van der Waals surface area contributed by atoms with Crippen molar-refractivity contribution in [3.63, 3.8) is 0 Å². The first-order valence-corrected chi connectivity index (χ1v) is 7.13. The van der Waals surface area contributed by atoms with E-state index >= 15 is 0 Å². The van der Waals surface area contributed by atoms with E-state index in [-0.39, 0.29) is 5.91 Å². The van der Waals surface area contributed by atoms with Crippen molar-refractivity contribution in [2.24, 2.45) is 7.05 Å². The van der Waals surface area contributed by atoms with Gasteiger partial charge in [-0.25, -0.2) is 0 Å². The van der Waals surface area contributed by atoms with Gasteiger partial charge < -0.3 is 9.88 Å². The standard InChI is InChI=1S/C16H12Cl2N2O/c1-20-9-11(10-5-2-3-8-14(10)20)16(21)19-13-7-4-6-12(17)15(13)18/h2-9H,1H3,(H,19,21). The third-order valence-corrected chi connectivity index (χ3v) is 4.16. The number of nitrogens with one attached hydrogen (secondary N) is 1. The highest BCUT2D eigenvalue weighted by atomic mass is 35.5. The molecule has 1 aromatic heterocycles. The number of nitrogens with zero attached hydrogens (tertiary/aromatic N) is 1. The van der Waals surface area contributed by atoms with Gasteiger partial charge >= 0.3 is 0 Å². The molecule has 1 heterocycles. The summed E-state index contributed by atoms with van der Waals surface area (Å²) in [5.41, 5.74) is 2.10. The largest absolute Gasteiger partial charge is 0.350 e. The molecule has 0 unspecified atom stereocenters. The van der Waals surface area contributed by atoms with Gasteiger partial charge in [0.1, 0.15) is 0 Å². The van der Waals surface area contributed by atoms with Crippen LogP contribution in [0.2, 0.25) is 10.0 Å². The number of anilines is 1. The van der Waals surface area contributed by atoms with Crippen LogP contribution in [-0.4, -0.2) is 10.5 Å². The van der Waals surface area contributed by atoms with Gasteiger partial charge in [-0.05, 0) is 18.2 Å². The highest BCUT2D eigenvalue weighted by Crippen LogP contribution is 2.30. The van der Waals surface area contributed by atoms with Crippen LogP contribution in [0, 0.1) is 0 Å². The molecule has 21 heavy (non-hydrogen) atoms. The number of aromatic nitrogens is 1. The summed E-state index contributed by atoms with van der Waals surface area (Å²) in [7, 11) is 1.91. The van der Waals surface area contributed by atoms with Crippen molar-refractivity contribution in [3.05, 3.63) is 64.3 Å². The lowest BCUT2D eigenvalue weighted by Gasteiger charge is -2.07. The minimum atomic E-state index is -0.212. The van der Waals surface area contributed by atoms with Crippen molar-refractivity contribution in [2.75, 3.05) is 5.32 Å². The second kappa shape index (κ2) is 5.43. The molecule has 0 bridgehead atoms. The zero-order valence-corrected chi connectivity index (χ0v) is 12.7. The minimum absolute atomic E-state index is 0.212. The Morgan fingerprint density at radius 3 is 2.67 bits per heavy atom. The van der Waals surface area contributed by atoms with Gasteiger partial charge in [-0.2, -0.15) is 0 Å². The van der Waals surface area contributed by atoms with Gasteiger partial charge in [0, 0.05) is 24.1 Å². The van der Waals surface area contributed by atoms with Gasteiger partial charge in [0.2, 0.25) is 0 Å². The van der Waals surface area contributed by atoms with Gasteiger partial charge in [0.05, 0.1) is 21.3 Å². The molecule has 3 nitrogen and oxygen atoms in total. The maximum atomic E-state index is 12.5. The highest BCUT2D eigenvalue weighted by molar-refractivity contribution is 6.44. The lowest BCUT2D eigenvalue weighted by Crippen LogP contribution is -2.11. The fraction of sp³-hybridized carbons (Fsp3) is 0.0625. The second-order valence-corrected chi connectivity index (χ2v) is 5.51. The summed E-state index contributed by atoms with van der Waals surface area (Å²) in [6, 6.07) is 12.9. The molecule has 1 N–H and O–H groups in total. The topological polar surface area (TPSA) is 34.0 Å². The van der Waals surface area contributed by atoms with E-state index in [1.807, 2.05) is 35.9 Å². The number of fused-ring (bicyclic) bond motifs is 1. The molecule has 0 fully saturated rings. The lowest BCUT2D eigenvalue weighted by atomic mass is 10.1. The summed E-state index contributed by atoms with van der Waals surface area (Å²) >= 11 is 12.1. The van der Waals surface area contributed by atoms with Crippen molar-refractivity contribution in [2.45, 2.75) is 0 Å². The summed E-state index contributed by atoms with van der Waals surface area (Å²) in [5, 5.41) is 4.45. The van der Waals surface area contributed by atoms with E-state index in [9.17, 15) is 4.79 Å². The number of carbonyl (C=O) groups is 1. The molecule has 2 aromatic carbocycles. The van der Waals surface area contributed by atoms with Crippen LogP contribution in [0.25, 0.3) is 10.9 Å². The molecule has 106 valence electrons. The van der Waals surface area contributed by atoms with Crippen LogP contribution < -0.4 is 5.32 Å². The van der Waals surface area contributed by atoms with Gasteiger partial charge in [-0.1, -0.05) is 47.5 Å². The van der Waals surface area contributed by atoms with E-state index in [2.05, 4.69) is 5.32 Å². The Bertz CT molecular complexity index is 839. The van der Waals surface area contributed by atoms with Crippen LogP contribution in [0.15, 0.2) is 48.7 Å². The molecule has 0 saturated carbocycles. The van der Waals surface area contributed by atoms with Crippen LogP contribution in [0.3, 0.4) is 0 Å². The summed E-state index contributed by atoms with van der Waals surface area (Å²) in [4.78, 5) is 12.5. The SMILES string of the molecule is Cn1cc(C(=O)Nc2cccc(Cl)c2Cl)c2ccccc21. The van der Waals surface area contributed by atoms with Crippen molar-refractivity contribution in [1.29, 1.82) is 0 Å². The molecule has 3 rings (SSSR count). The maximum Gasteiger partial charge on any atom is 0.257 e. The number of amides is 1. The fourth-order valence-electron chi connectivity index (χ4n) is 2.31. The van der Waals surface area contributed by atoms with Gasteiger partial charge in [0.25, 0.3) is 5.91 Å². The lowest BCUT2D eigenvalue weighted by molar-refractivity contribution is 0.102. The van der Waals surface area contributed by atoms with Crippen molar-refractivity contribution in [3.8, 4) is 0 Å². The number of rotatable bonds is 2. The quantitative estimate of drug-likeness (QED) is 0.727. The highest BCUT2D eigenvalue weighted by Gasteiger charge is 2.15. The first-order valence-electron chi connectivity index (χ1n) is 6.37. The molecule has 0 aliphatic heterocycles. The van der Waals surface area contributed by atoms with E-state index in [1.54, 1.807) is 24.4 Å². The number of halogens is 2. The van der Waals surface area contributed by atoms with Crippen molar-refractivity contribution < 1.29 is 4.79 Å².